The van der Waals surface area contributed by atoms with Gasteiger partial charge in [0.2, 0.25) is 0 Å². The summed E-state index contributed by atoms with van der Waals surface area (Å²) < 4.78 is 10.6. The lowest BCUT2D eigenvalue weighted by Gasteiger charge is -2.22. The molecule has 0 aromatic heterocycles. The van der Waals surface area contributed by atoms with Crippen molar-refractivity contribution in [2.45, 2.75) is 43.4 Å². The lowest BCUT2D eigenvalue weighted by Crippen LogP contribution is -2.47. The van der Waals surface area contributed by atoms with Gasteiger partial charge in [0, 0.05) is 0 Å². The Balaban J connectivity index is 1.81. The maximum absolute atomic E-state index is 11.6. The van der Waals surface area contributed by atoms with E-state index in [9.17, 15) is 4.79 Å². The number of ether oxygens (including phenoxy) is 2. The zero-order chi connectivity index (χ0) is 10.6. The highest BCUT2D eigenvalue weighted by Crippen LogP contribution is 2.54. The molecular formula is C11H17NO3. The third-order valence-electron chi connectivity index (χ3n) is 4.38. The molecule has 2 heterocycles. The minimum atomic E-state index is -0.741. The van der Waals surface area contributed by atoms with Gasteiger partial charge in [-0.05, 0) is 37.5 Å². The Morgan fingerprint density at radius 1 is 1.33 bits per heavy atom. The Bertz CT molecular complexity index is 286. The molecule has 3 rings (SSSR count). The highest BCUT2D eigenvalue weighted by molar-refractivity contribution is 5.81. The molecule has 0 aromatic rings. The summed E-state index contributed by atoms with van der Waals surface area (Å²) >= 11 is 0. The Morgan fingerprint density at radius 3 is 2.33 bits per heavy atom. The number of carbonyl (C=O) groups is 1. The minimum Gasteiger partial charge on any atom is -0.468 e. The normalized spacial score (nSPS) is 51.9. The minimum absolute atomic E-state index is 0.253. The Hall–Kier alpha value is -0.610. The number of hydrogen-bond donors (Lipinski definition) is 1. The van der Waals surface area contributed by atoms with Gasteiger partial charge in [-0.3, -0.25) is 4.79 Å². The van der Waals surface area contributed by atoms with Crippen LogP contribution >= 0.6 is 0 Å². The molecule has 3 fully saturated rings. The van der Waals surface area contributed by atoms with E-state index in [1.165, 1.54) is 7.11 Å². The maximum atomic E-state index is 11.6. The topological polar surface area (TPSA) is 61.5 Å². The Kier molecular flexibility index (Phi) is 1.89. The van der Waals surface area contributed by atoms with Gasteiger partial charge in [-0.2, -0.15) is 0 Å². The second kappa shape index (κ2) is 2.95. The third kappa shape index (κ3) is 1.18. The van der Waals surface area contributed by atoms with E-state index in [0.29, 0.717) is 24.0 Å². The van der Waals surface area contributed by atoms with Crippen LogP contribution in [0.4, 0.5) is 0 Å². The summed E-state index contributed by atoms with van der Waals surface area (Å²) in [6.07, 6.45) is 4.48. The van der Waals surface area contributed by atoms with Crippen LogP contribution in [0.1, 0.15) is 25.7 Å². The van der Waals surface area contributed by atoms with Gasteiger partial charge >= 0.3 is 5.97 Å². The first-order valence-electron chi connectivity index (χ1n) is 5.67. The molecule has 1 saturated carbocycles. The molecule has 4 heteroatoms. The summed E-state index contributed by atoms with van der Waals surface area (Å²) in [5.74, 6) is 0.733. The quantitative estimate of drug-likeness (QED) is 0.639. The van der Waals surface area contributed by atoms with Crippen LogP contribution in [0.5, 0.6) is 0 Å². The van der Waals surface area contributed by atoms with E-state index in [0.717, 1.165) is 25.7 Å². The van der Waals surface area contributed by atoms with Gasteiger partial charge in [-0.1, -0.05) is 0 Å². The van der Waals surface area contributed by atoms with Crippen LogP contribution in [0.3, 0.4) is 0 Å². The van der Waals surface area contributed by atoms with Crippen molar-refractivity contribution < 1.29 is 14.3 Å². The molecule has 0 spiro atoms. The van der Waals surface area contributed by atoms with E-state index in [1.54, 1.807) is 0 Å². The molecule has 2 aliphatic heterocycles. The average molecular weight is 211 g/mol. The number of hydrogen-bond acceptors (Lipinski definition) is 4. The summed E-state index contributed by atoms with van der Waals surface area (Å²) in [5.41, 5.74) is 5.38. The average Bonchev–Trinajstić information content (AvgIpc) is 2.86. The zero-order valence-electron chi connectivity index (χ0n) is 8.94. The zero-order valence-corrected chi connectivity index (χ0v) is 8.94. The molecule has 4 nitrogen and oxygen atoms in total. The molecule has 1 aliphatic carbocycles. The Labute approximate surface area is 89.1 Å². The molecule has 4 unspecified atom stereocenters. The number of esters is 1. The summed E-state index contributed by atoms with van der Waals surface area (Å²) in [4.78, 5) is 11.6. The van der Waals surface area contributed by atoms with E-state index in [4.69, 9.17) is 15.2 Å². The fourth-order valence-electron chi connectivity index (χ4n) is 3.73. The van der Waals surface area contributed by atoms with Crippen molar-refractivity contribution in [3.63, 3.8) is 0 Å². The summed E-state index contributed by atoms with van der Waals surface area (Å²) in [5, 5.41) is 0. The highest BCUT2D eigenvalue weighted by Gasteiger charge is 2.59. The Morgan fingerprint density at radius 2 is 1.87 bits per heavy atom. The van der Waals surface area contributed by atoms with E-state index in [1.807, 2.05) is 0 Å². The van der Waals surface area contributed by atoms with Crippen molar-refractivity contribution in [2.75, 3.05) is 7.11 Å². The first-order chi connectivity index (χ1) is 7.14. The number of carbonyl (C=O) groups excluding carboxylic acids is 1. The molecule has 0 amide bonds. The molecule has 84 valence electrons. The SMILES string of the molecule is COC(=O)C1(N)CC2C3CCC(O3)C2C1. The van der Waals surface area contributed by atoms with Crippen molar-refractivity contribution in [3.05, 3.63) is 0 Å². The van der Waals surface area contributed by atoms with E-state index < -0.39 is 5.54 Å². The lowest BCUT2D eigenvalue weighted by molar-refractivity contribution is -0.147. The molecule has 0 aromatic carbocycles. The monoisotopic (exact) mass is 211 g/mol. The molecule has 2 bridgehead atoms. The molecule has 4 atom stereocenters. The van der Waals surface area contributed by atoms with Gasteiger partial charge in [0.25, 0.3) is 0 Å². The van der Waals surface area contributed by atoms with Gasteiger partial charge in [0.15, 0.2) is 0 Å². The van der Waals surface area contributed by atoms with Crippen LogP contribution in [-0.2, 0) is 14.3 Å². The van der Waals surface area contributed by atoms with Crippen LogP contribution in [0.15, 0.2) is 0 Å². The first-order valence-corrected chi connectivity index (χ1v) is 5.67. The van der Waals surface area contributed by atoms with Crippen molar-refractivity contribution in [2.24, 2.45) is 17.6 Å². The summed E-state index contributed by atoms with van der Waals surface area (Å²) in [6, 6.07) is 0. The van der Waals surface area contributed by atoms with Gasteiger partial charge in [0.05, 0.1) is 19.3 Å². The number of nitrogens with two attached hydrogens (primary N) is 1. The molecule has 2 saturated heterocycles. The van der Waals surface area contributed by atoms with Crippen LogP contribution < -0.4 is 5.73 Å². The largest absolute Gasteiger partial charge is 0.468 e. The van der Waals surface area contributed by atoms with E-state index in [2.05, 4.69) is 0 Å². The van der Waals surface area contributed by atoms with Crippen molar-refractivity contribution in [3.8, 4) is 0 Å². The standard InChI is InChI=1S/C11H17NO3/c1-14-10(13)11(12)4-6-7(5-11)9-3-2-8(6)15-9/h6-9H,2-5,12H2,1H3. The molecular weight excluding hydrogens is 194 g/mol. The smallest absolute Gasteiger partial charge is 0.325 e. The van der Waals surface area contributed by atoms with Crippen molar-refractivity contribution >= 4 is 5.97 Å². The fraction of sp³-hybridized carbons (Fsp3) is 0.909. The van der Waals surface area contributed by atoms with Gasteiger partial charge in [-0.25, -0.2) is 0 Å². The predicted octanol–water partition coefficient (Wildman–Crippen LogP) is 0.444. The van der Waals surface area contributed by atoms with Crippen molar-refractivity contribution in [1.29, 1.82) is 0 Å². The maximum Gasteiger partial charge on any atom is 0.325 e. The summed E-state index contributed by atoms with van der Waals surface area (Å²) in [6.45, 7) is 0. The van der Waals surface area contributed by atoms with Crippen LogP contribution in [-0.4, -0.2) is 30.8 Å². The molecule has 15 heavy (non-hydrogen) atoms. The first kappa shape index (κ1) is 9.60. The van der Waals surface area contributed by atoms with Crippen LogP contribution in [0, 0.1) is 11.8 Å². The third-order valence-corrected chi connectivity index (χ3v) is 4.38. The van der Waals surface area contributed by atoms with Crippen LogP contribution in [0.25, 0.3) is 0 Å². The van der Waals surface area contributed by atoms with Gasteiger partial charge in [0.1, 0.15) is 5.54 Å². The summed E-state index contributed by atoms with van der Waals surface area (Å²) in [7, 11) is 1.41. The molecule has 2 N–H and O–H groups in total. The van der Waals surface area contributed by atoms with E-state index >= 15 is 0 Å². The predicted molar refractivity (Wildman–Crippen MR) is 53.0 cm³/mol. The van der Waals surface area contributed by atoms with Crippen LogP contribution in [0.2, 0.25) is 0 Å². The second-order valence-electron chi connectivity index (χ2n) is 5.17. The molecule has 0 radical (unpaired) electrons. The van der Waals surface area contributed by atoms with Crippen molar-refractivity contribution in [1.82, 2.24) is 0 Å². The van der Waals surface area contributed by atoms with E-state index in [-0.39, 0.29) is 5.97 Å². The van der Waals surface area contributed by atoms with Gasteiger partial charge in [-0.15, -0.1) is 0 Å². The lowest BCUT2D eigenvalue weighted by atomic mass is 9.82. The number of fused-ring (bicyclic) bond motifs is 5. The fourth-order valence-corrected chi connectivity index (χ4v) is 3.73. The van der Waals surface area contributed by atoms with Gasteiger partial charge < -0.3 is 15.2 Å². The number of methoxy groups -OCH3 is 1. The number of rotatable bonds is 1. The highest BCUT2D eigenvalue weighted by atomic mass is 16.5. The second-order valence-corrected chi connectivity index (χ2v) is 5.17. The molecule has 3 aliphatic rings.